The van der Waals surface area contributed by atoms with Crippen LogP contribution in [-0.4, -0.2) is 4.57 Å². The van der Waals surface area contributed by atoms with Crippen molar-refractivity contribution >= 4 is 15.9 Å². The van der Waals surface area contributed by atoms with E-state index in [0.29, 0.717) is 12.0 Å². The second-order valence-corrected chi connectivity index (χ2v) is 4.44. The molecular formula is C13H10BrN3. The molecule has 1 aromatic carbocycles. The predicted molar refractivity (Wildman–Crippen MR) is 68.9 cm³/mol. The Hall–Kier alpha value is -1.86. The van der Waals surface area contributed by atoms with E-state index in [1.807, 2.05) is 59.4 Å². The third-order valence-electron chi connectivity index (χ3n) is 2.35. The Kier molecular flexibility index (Phi) is 3.73. The van der Waals surface area contributed by atoms with Crippen LogP contribution in [-0.2, 0) is 6.54 Å². The molecule has 3 nitrogen and oxygen atoms in total. The fourth-order valence-corrected chi connectivity index (χ4v) is 1.80. The molecule has 0 N–H and O–H groups in total. The van der Waals surface area contributed by atoms with Crippen molar-refractivity contribution in [1.29, 1.82) is 5.26 Å². The summed E-state index contributed by atoms with van der Waals surface area (Å²) in [5.74, 6) is 0. The Labute approximate surface area is 108 Å². The van der Waals surface area contributed by atoms with E-state index in [2.05, 4.69) is 20.9 Å². The van der Waals surface area contributed by atoms with Crippen LogP contribution in [0.25, 0.3) is 0 Å². The molecule has 2 rings (SSSR count). The molecule has 0 saturated heterocycles. The average molecular weight is 288 g/mol. The minimum absolute atomic E-state index is 0.665. The fourth-order valence-electron chi connectivity index (χ4n) is 1.54. The second-order valence-electron chi connectivity index (χ2n) is 3.53. The van der Waals surface area contributed by atoms with Crippen LogP contribution in [0.15, 0.2) is 58.1 Å². The molecule has 0 aliphatic carbocycles. The minimum atomic E-state index is 0.665. The lowest BCUT2D eigenvalue weighted by atomic mass is 10.2. The average Bonchev–Trinajstić information content (AvgIpc) is 2.35. The summed E-state index contributed by atoms with van der Waals surface area (Å²) in [6.07, 6.45) is 3.73. The van der Waals surface area contributed by atoms with Gasteiger partial charge in [0.1, 0.15) is 5.49 Å². The molecule has 1 heterocycles. The van der Waals surface area contributed by atoms with Crippen molar-refractivity contribution in [2.45, 2.75) is 6.54 Å². The number of hydrogen-bond donors (Lipinski definition) is 0. The zero-order chi connectivity index (χ0) is 12.1. The fraction of sp³-hybridized carbons (Fsp3) is 0.0769. The van der Waals surface area contributed by atoms with Gasteiger partial charge in [-0.05, 0) is 29.8 Å². The first-order valence-corrected chi connectivity index (χ1v) is 5.91. The zero-order valence-electron chi connectivity index (χ0n) is 9.05. The van der Waals surface area contributed by atoms with Gasteiger partial charge in [-0.1, -0.05) is 34.1 Å². The molecule has 0 aliphatic heterocycles. The summed E-state index contributed by atoms with van der Waals surface area (Å²) in [5, 5.41) is 8.61. The maximum absolute atomic E-state index is 8.61. The van der Waals surface area contributed by atoms with Gasteiger partial charge in [0.05, 0.1) is 0 Å². The summed E-state index contributed by atoms with van der Waals surface area (Å²) < 4.78 is 2.99. The Morgan fingerprint density at radius 3 is 2.65 bits per heavy atom. The molecule has 4 heteroatoms. The monoisotopic (exact) mass is 287 g/mol. The Balaban J connectivity index is 2.34. The standard InChI is InChI=1S/C13H10BrN3/c14-12-6-4-11(5-7-12)9-17-8-2-1-3-13(17)16-10-15/h1-8H,9H2/b16-13+. The molecule has 1 aromatic heterocycles. The van der Waals surface area contributed by atoms with Crippen LogP contribution in [0.4, 0.5) is 0 Å². The molecule has 0 atom stereocenters. The van der Waals surface area contributed by atoms with Crippen LogP contribution in [0.5, 0.6) is 0 Å². The smallest absolute Gasteiger partial charge is 0.207 e. The number of pyridine rings is 1. The topological polar surface area (TPSA) is 41.1 Å². The molecule has 0 aliphatic rings. The van der Waals surface area contributed by atoms with Gasteiger partial charge in [0.15, 0.2) is 0 Å². The molecule has 2 aromatic rings. The van der Waals surface area contributed by atoms with Crippen molar-refractivity contribution in [3.63, 3.8) is 0 Å². The van der Waals surface area contributed by atoms with Gasteiger partial charge in [0, 0.05) is 17.2 Å². The van der Waals surface area contributed by atoms with Gasteiger partial charge in [-0.25, -0.2) is 0 Å². The molecule has 0 unspecified atom stereocenters. The quantitative estimate of drug-likeness (QED) is 0.783. The van der Waals surface area contributed by atoms with Gasteiger partial charge in [-0.3, -0.25) is 0 Å². The molecule has 0 saturated carbocycles. The van der Waals surface area contributed by atoms with Gasteiger partial charge in [0.2, 0.25) is 6.19 Å². The number of nitriles is 1. The normalized spacial score (nSPS) is 11.2. The van der Waals surface area contributed by atoms with Crippen molar-refractivity contribution in [3.8, 4) is 6.19 Å². The van der Waals surface area contributed by atoms with Crippen LogP contribution < -0.4 is 5.49 Å². The van der Waals surface area contributed by atoms with E-state index in [0.717, 1.165) is 4.47 Å². The molecule has 0 radical (unpaired) electrons. The zero-order valence-corrected chi connectivity index (χ0v) is 10.6. The Bertz CT molecular complexity index is 606. The minimum Gasteiger partial charge on any atom is -0.328 e. The molecular weight excluding hydrogens is 278 g/mol. The number of hydrogen-bond acceptors (Lipinski definition) is 2. The molecule has 0 spiro atoms. The van der Waals surface area contributed by atoms with E-state index in [9.17, 15) is 0 Å². The SMILES string of the molecule is N#C/N=c1\ccccn1Cc1ccc(Br)cc1. The highest BCUT2D eigenvalue weighted by Crippen LogP contribution is 2.10. The summed E-state index contributed by atoms with van der Waals surface area (Å²) in [5.41, 5.74) is 1.83. The largest absolute Gasteiger partial charge is 0.328 e. The van der Waals surface area contributed by atoms with E-state index in [-0.39, 0.29) is 0 Å². The van der Waals surface area contributed by atoms with E-state index < -0.39 is 0 Å². The lowest BCUT2D eigenvalue weighted by Gasteiger charge is -2.06. The van der Waals surface area contributed by atoms with Crippen molar-refractivity contribution in [2.24, 2.45) is 4.99 Å². The Morgan fingerprint density at radius 1 is 1.18 bits per heavy atom. The first-order chi connectivity index (χ1) is 8.29. The molecule has 0 amide bonds. The van der Waals surface area contributed by atoms with Crippen molar-refractivity contribution in [2.75, 3.05) is 0 Å². The number of rotatable bonds is 2. The maximum atomic E-state index is 8.61. The Morgan fingerprint density at radius 2 is 1.94 bits per heavy atom. The first kappa shape index (κ1) is 11.6. The highest BCUT2D eigenvalue weighted by molar-refractivity contribution is 9.10. The number of nitrogens with zero attached hydrogens (tertiary/aromatic N) is 3. The van der Waals surface area contributed by atoms with Crippen molar-refractivity contribution in [1.82, 2.24) is 4.57 Å². The summed E-state index contributed by atoms with van der Waals surface area (Å²) in [7, 11) is 0. The maximum Gasteiger partial charge on any atom is 0.207 e. The van der Waals surface area contributed by atoms with Crippen LogP contribution in [0.2, 0.25) is 0 Å². The van der Waals surface area contributed by atoms with Crippen LogP contribution in [0.3, 0.4) is 0 Å². The summed E-state index contributed by atoms with van der Waals surface area (Å²) >= 11 is 3.40. The van der Waals surface area contributed by atoms with E-state index in [1.54, 1.807) is 0 Å². The second kappa shape index (κ2) is 5.46. The van der Waals surface area contributed by atoms with Gasteiger partial charge in [0.25, 0.3) is 0 Å². The molecule has 17 heavy (non-hydrogen) atoms. The van der Waals surface area contributed by atoms with Gasteiger partial charge >= 0.3 is 0 Å². The van der Waals surface area contributed by atoms with E-state index >= 15 is 0 Å². The summed E-state index contributed by atoms with van der Waals surface area (Å²) in [6, 6.07) is 13.7. The molecule has 0 bridgehead atoms. The highest BCUT2D eigenvalue weighted by atomic mass is 79.9. The predicted octanol–water partition coefficient (Wildman–Crippen LogP) is 2.68. The number of benzene rings is 1. The van der Waals surface area contributed by atoms with Crippen molar-refractivity contribution in [3.05, 3.63) is 64.2 Å². The lowest BCUT2D eigenvalue weighted by Crippen LogP contribution is -2.19. The first-order valence-electron chi connectivity index (χ1n) is 5.12. The lowest BCUT2D eigenvalue weighted by molar-refractivity contribution is 0.743. The number of halogens is 1. The summed E-state index contributed by atoms with van der Waals surface area (Å²) in [4.78, 5) is 3.78. The van der Waals surface area contributed by atoms with Gasteiger partial charge < -0.3 is 4.57 Å². The van der Waals surface area contributed by atoms with Crippen LogP contribution in [0, 0.1) is 11.5 Å². The molecule has 84 valence electrons. The highest BCUT2D eigenvalue weighted by Gasteiger charge is 1.96. The van der Waals surface area contributed by atoms with Crippen LogP contribution in [0.1, 0.15) is 5.56 Å². The van der Waals surface area contributed by atoms with E-state index in [4.69, 9.17) is 5.26 Å². The van der Waals surface area contributed by atoms with Gasteiger partial charge in [-0.15, -0.1) is 0 Å². The summed E-state index contributed by atoms with van der Waals surface area (Å²) in [6.45, 7) is 0.703. The third kappa shape index (κ3) is 3.05. The molecule has 0 fully saturated rings. The van der Waals surface area contributed by atoms with Gasteiger partial charge in [-0.2, -0.15) is 10.3 Å². The van der Waals surface area contributed by atoms with E-state index in [1.165, 1.54) is 5.56 Å². The number of aromatic nitrogens is 1. The third-order valence-corrected chi connectivity index (χ3v) is 2.88. The van der Waals surface area contributed by atoms with Crippen molar-refractivity contribution < 1.29 is 0 Å². The van der Waals surface area contributed by atoms with Crippen LogP contribution >= 0.6 is 15.9 Å².